The third kappa shape index (κ3) is 4.02. The molecular weight excluding hydrogens is 436 g/mol. The number of nitro benzene ring substituents is 1. The van der Waals surface area contributed by atoms with Gasteiger partial charge in [-0.3, -0.25) is 14.9 Å². The number of alkyl halides is 1. The first-order valence-corrected chi connectivity index (χ1v) is 11.8. The number of nitrogens with zero attached hydrogens (tertiary/aromatic N) is 2. The summed E-state index contributed by atoms with van der Waals surface area (Å²) in [4.78, 5) is 26.4. The Labute approximate surface area is 198 Å². The number of fused-ring (bicyclic) bond motifs is 4. The average molecular weight is 461 g/mol. The topological polar surface area (TPSA) is 63.5 Å². The Morgan fingerprint density at radius 3 is 2.64 bits per heavy atom. The second-order valence-corrected chi connectivity index (χ2v) is 9.30. The van der Waals surface area contributed by atoms with E-state index >= 15 is 0 Å². The van der Waals surface area contributed by atoms with Crippen LogP contribution >= 0.6 is 11.6 Å². The normalized spacial score (nSPS) is 16.7. The minimum Gasteiger partial charge on any atom is -0.305 e. The minimum absolute atomic E-state index is 0.0771. The molecule has 3 aromatic carbocycles. The molecule has 0 unspecified atom stereocenters. The number of rotatable bonds is 5. The van der Waals surface area contributed by atoms with Crippen LogP contribution in [0.25, 0.3) is 0 Å². The van der Waals surface area contributed by atoms with E-state index in [2.05, 4.69) is 12.1 Å². The fourth-order valence-corrected chi connectivity index (χ4v) is 5.40. The maximum Gasteiger partial charge on any atom is 0.270 e. The van der Waals surface area contributed by atoms with Crippen LogP contribution in [0.4, 0.5) is 11.4 Å². The number of para-hydroxylation sites is 1. The number of nitro groups is 1. The lowest BCUT2D eigenvalue weighted by Gasteiger charge is -2.23. The van der Waals surface area contributed by atoms with E-state index < -0.39 is 0 Å². The summed E-state index contributed by atoms with van der Waals surface area (Å²) in [5, 5.41) is 11.3. The van der Waals surface area contributed by atoms with E-state index in [1.165, 1.54) is 17.2 Å². The molecule has 1 atom stereocenters. The Balaban J connectivity index is 1.42. The summed E-state index contributed by atoms with van der Waals surface area (Å²) < 4.78 is 0. The van der Waals surface area contributed by atoms with Crippen molar-refractivity contribution in [1.82, 2.24) is 0 Å². The summed E-state index contributed by atoms with van der Waals surface area (Å²) in [5.74, 6) is 0.340. The molecule has 0 aromatic heterocycles. The Hall–Kier alpha value is -3.18. The Bertz CT molecular complexity index is 1270. The number of halogens is 1. The van der Waals surface area contributed by atoms with Crippen LogP contribution in [0, 0.1) is 17.0 Å². The predicted molar refractivity (Wildman–Crippen MR) is 130 cm³/mol. The summed E-state index contributed by atoms with van der Waals surface area (Å²) in [6.07, 6.45) is 4.17. The number of carbonyl (C=O) groups excluding carboxylic acids is 1. The molecule has 2 heterocycles. The number of amides is 1. The van der Waals surface area contributed by atoms with Crippen molar-refractivity contribution in [1.29, 1.82) is 0 Å². The van der Waals surface area contributed by atoms with Crippen LogP contribution in [0.5, 0.6) is 0 Å². The summed E-state index contributed by atoms with van der Waals surface area (Å²) in [7, 11) is 0. The van der Waals surface area contributed by atoms with Gasteiger partial charge in [-0.05, 0) is 84.5 Å². The third-order valence-corrected chi connectivity index (χ3v) is 7.22. The van der Waals surface area contributed by atoms with Gasteiger partial charge in [-0.15, -0.1) is 11.6 Å². The molecule has 168 valence electrons. The van der Waals surface area contributed by atoms with Gasteiger partial charge in [-0.25, -0.2) is 0 Å². The lowest BCUT2D eigenvalue weighted by Crippen LogP contribution is -2.36. The highest BCUT2D eigenvalue weighted by atomic mass is 35.5. The van der Waals surface area contributed by atoms with Gasteiger partial charge < -0.3 is 4.90 Å². The van der Waals surface area contributed by atoms with Crippen molar-refractivity contribution in [2.75, 3.05) is 4.90 Å². The third-order valence-electron chi connectivity index (χ3n) is 6.92. The van der Waals surface area contributed by atoms with Gasteiger partial charge in [-0.2, -0.15) is 0 Å². The molecule has 3 aromatic rings. The first-order valence-electron chi connectivity index (χ1n) is 11.3. The van der Waals surface area contributed by atoms with Crippen molar-refractivity contribution in [3.8, 4) is 0 Å². The lowest BCUT2D eigenvalue weighted by molar-refractivity contribution is -0.385. The number of non-ortho nitro benzene ring substituents is 1. The van der Waals surface area contributed by atoms with Crippen molar-refractivity contribution in [2.45, 2.75) is 50.9 Å². The molecule has 0 saturated carbocycles. The molecule has 0 saturated heterocycles. The van der Waals surface area contributed by atoms with Crippen molar-refractivity contribution in [3.63, 3.8) is 0 Å². The highest BCUT2D eigenvalue weighted by Gasteiger charge is 2.37. The van der Waals surface area contributed by atoms with E-state index in [-0.39, 0.29) is 28.4 Å². The molecule has 2 aliphatic heterocycles. The van der Waals surface area contributed by atoms with E-state index in [0.29, 0.717) is 6.42 Å². The number of hydrogen-bond donors (Lipinski definition) is 0. The zero-order valence-corrected chi connectivity index (χ0v) is 19.3. The molecule has 33 heavy (non-hydrogen) atoms. The highest BCUT2D eigenvalue weighted by molar-refractivity contribution is 6.17. The largest absolute Gasteiger partial charge is 0.305 e. The predicted octanol–water partition coefficient (Wildman–Crippen LogP) is 5.94. The maximum atomic E-state index is 13.5. The van der Waals surface area contributed by atoms with Gasteiger partial charge in [0.1, 0.15) is 0 Å². The maximum absolute atomic E-state index is 13.5. The van der Waals surface area contributed by atoms with Gasteiger partial charge in [0.25, 0.3) is 11.6 Å². The molecular formula is C27H25ClN2O3. The van der Waals surface area contributed by atoms with E-state index in [1.807, 2.05) is 42.2 Å². The lowest BCUT2D eigenvalue weighted by atomic mass is 9.92. The van der Waals surface area contributed by atoms with Gasteiger partial charge in [0.15, 0.2) is 0 Å². The molecule has 6 heteroatoms. The first-order chi connectivity index (χ1) is 15.9. The zero-order valence-electron chi connectivity index (χ0n) is 18.5. The molecule has 0 aliphatic carbocycles. The molecule has 0 spiro atoms. The Morgan fingerprint density at radius 1 is 1.06 bits per heavy atom. The van der Waals surface area contributed by atoms with Crippen LogP contribution < -0.4 is 4.90 Å². The van der Waals surface area contributed by atoms with Crippen molar-refractivity contribution in [3.05, 3.63) is 104 Å². The fraction of sp³-hybridized carbons (Fsp3) is 0.296. The molecule has 0 radical (unpaired) electrons. The standard InChI is InChI=1S/C27H25ClN2O3/c1-17-10-25-21(8-9-23-15-22-4-2-3-5-26(22)29(23)27(25)31)14-20(17)7-6-18-11-19(16-28)13-24(12-18)30(32)33/h2-5,10-14,23H,6-9,15-16H2,1H3/t23-/m1/s1. The zero-order chi connectivity index (χ0) is 23.1. The van der Waals surface area contributed by atoms with Crippen LogP contribution in [0.2, 0.25) is 0 Å². The first kappa shape index (κ1) is 21.7. The van der Waals surface area contributed by atoms with E-state index in [4.69, 9.17) is 11.6 Å². The summed E-state index contributed by atoms with van der Waals surface area (Å²) >= 11 is 5.94. The van der Waals surface area contributed by atoms with Gasteiger partial charge in [0.2, 0.25) is 0 Å². The average Bonchev–Trinajstić information content (AvgIpc) is 3.14. The van der Waals surface area contributed by atoms with Crippen LogP contribution in [0.3, 0.4) is 0 Å². The Morgan fingerprint density at radius 2 is 1.85 bits per heavy atom. The molecule has 0 N–H and O–H groups in total. The van der Waals surface area contributed by atoms with Gasteiger partial charge in [-0.1, -0.05) is 30.3 Å². The molecule has 5 nitrogen and oxygen atoms in total. The molecule has 0 fully saturated rings. The van der Waals surface area contributed by atoms with Gasteiger partial charge in [0, 0.05) is 35.3 Å². The summed E-state index contributed by atoms with van der Waals surface area (Å²) in [5.41, 5.74) is 8.20. The van der Waals surface area contributed by atoms with E-state index in [1.54, 1.807) is 6.07 Å². The molecule has 0 bridgehead atoms. The quantitative estimate of drug-likeness (QED) is 0.268. The minimum atomic E-state index is -0.372. The summed E-state index contributed by atoms with van der Waals surface area (Å²) in [6.45, 7) is 2.04. The van der Waals surface area contributed by atoms with Crippen LogP contribution in [-0.2, 0) is 31.6 Å². The van der Waals surface area contributed by atoms with Gasteiger partial charge >= 0.3 is 0 Å². The smallest absolute Gasteiger partial charge is 0.270 e. The number of carbonyl (C=O) groups is 1. The number of benzene rings is 3. The fourth-order valence-electron chi connectivity index (χ4n) is 5.25. The molecule has 1 amide bonds. The second kappa shape index (κ2) is 8.64. The number of hydrogen-bond acceptors (Lipinski definition) is 3. The second-order valence-electron chi connectivity index (χ2n) is 9.03. The van der Waals surface area contributed by atoms with Crippen molar-refractivity contribution in [2.24, 2.45) is 0 Å². The number of anilines is 1. The van der Waals surface area contributed by atoms with Crippen molar-refractivity contribution >= 4 is 28.9 Å². The summed E-state index contributed by atoms with van der Waals surface area (Å²) in [6, 6.07) is 17.7. The SMILES string of the molecule is Cc1cc2c(cc1CCc1cc(CCl)cc([N+](=O)[O-])c1)CC[C@@H]1Cc3ccccc3N1C2=O. The van der Waals surface area contributed by atoms with Crippen LogP contribution in [0.1, 0.15) is 50.2 Å². The van der Waals surface area contributed by atoms with Crippen LogP contribution in [-0.4, -0.2) is 16.9 Å². The van der Waals surface area contributed by atoms with Crippen molar-refractivity contribution < 1.29 is 9.72 Å². The Kier molecular flexibility index (Phi) is 5.67. The van der Waals surface area contributed by atoms with Gasteiger partial charge in [0.05, 0.1) is 4.92 Å². The van der Waals surface area contributed by atoms with E-state index in [0.717, 1.165) is 59.2 Å². The van der Waals surface area contributed by atoms with Crippen LogP contribution in [0.15, 0.2) is 54.6 Å². The van der Waals surface area contributed by atoms with E-state index in [9.17, 15) is 14.9 Å². The highest BCUT2D eigenvalue weighted by Crippen LogP contribution is 2.38. The monoisotopic (exact) mass is 460 g/mol. The molecule has 2 aliphatic rings. The number of aryl methyl sites for hydroxylation is 4. The molecule has 5 rings (SSSR count).